The van der Waals surface area contributed by atoms with E-state index < -0.39 is 5.60 Å². The van der Waals surface area contributed by atoms with E-state index in [1.165, 1.54) is 4.90 Å². The van der Waals surface area contributed by atoms with E-state index in [4.69, 9.17) is 9.78 Å². The molecule has 2 fully saturated rings. The Bertz CT molecular complexity index is 619. The first-order valence-corrected chi connectivity index (χ1v) is 10.6. The van der Waals surface area contributed by atoms with Gasteiger partial charge in [0.2, 0.25) is 0 Å². The topological polar surface area (TPSA) is 38.7 Å². The van der Waals surface area contributed by atoms with Crippen molar-refractivity contribution in [3.8, 4) is 0 Å². The molecule has 0 radical (unpaired) electrons. The summed E-state index contributed by atoms with van der Waals surface area (Å²) in [5.74, 6) is 0.434. The van der Waals surface area contributed by atoms with Gasteiger partial charge in [0, 0.05) is 10.3 Å². The highest BCUT2D eigenvalue weighted by molar-refractivity contribution is 8.02. The van der Waals surface area contributed by atoms with Gasteiger partial charge in [0.15, 0.2) is 0 Å². The zero-order valence-corrected chi connectivity index (χ0v) is 17.1. The molecule has 2 aliphatic carbocycles. The third-order valence-corrected chi connectivity index (χ3v) is 7.71. The van der Waals surface area contributed by atoms with E-state index >= 15 is 0 Å². The van der Waals surface area contributed by atoms with Crippen LogP contribution in [0.25, 0.3) is 0 Å². The van der Waals surface area contributed by atoms with Crippen LogP contribution < -0.4 is 0 Å². The zero-order valence-electron chi connectivity index (χ0n) is 16.2. The standard InChI is InChI=1S/C22H32O3S/c1-20(17-25-24-3)12-8-13-21(2)19(20)11-7-14-22(21,23)15-16-26-18-9-5-4-6-10-18/h4-6,9-10,15-16,19,23H,7-8,11-14,17H2,1-3H3/b16-15+. The van der Waals surface area contributed by atoms with Crippen LogP contribution >= 0.6 is 11.8 Å². The molecule has 3 nitrogen and oxygen atoms in total. The van der Waals surface area contributed by atoms with Crippen molar-refractivity contribution >= 4 is 11.8 Å². The lowest BCUT2D eigenvalue weighted by molar-refractivity contribution is -0.304. The maximum Gasteiger partial charge on any atom is 0.0891 e. The Morgan fingerprint density at radius 2 is 1.92 bits per heavy atom. The first-order chi connectivity index (χ1) is 12.4. The second-order valence-electron chi connectivity index (χ2n) is 8.46. The summed E-state index contributed by atoms with van der Waals surface area (Å²) in [6.45, 7) is 5.20. The highest BCUT2D eigenvalue weighted by Crippen LogP contribution is 2.61. The lowest BCUT2D eigenvalue weighted by Crippen LogP contribution is -2.59. The summed E-state index contributed by atoms with van der Waals surface area (Å²) in [4.78, 5) is 11.5. The van der Waals surface area contributed by atoms with Gasteiger partial charge in [-0.05, 0) is 67.1 Å². The molecule has 3 rings (SSSR count). The van der Waals surface area contributed by atoms with Gasteiger partial charge in [-0.3, -0.25) is 0 Å². The van der Waals surface area contributed by atoms with Crippen LogP contribution in [-0.4, -0.2) is 24.4 Å². The molecule has 0 saturated heterocycles. The Balaban J connectivity index is 1.80. The Morgan fingerprint density at radius 1 is 1.15 bits per heavy atom. The summed E-state index contributed by atoms with van der Waals surface area (Å²) < 4.78 is 0. The fraction of sp³-hybridized carbons (Fsp3) is 0.636. The van der Waals surface area contributed by atoms with E-state index in [0.29, 0.717) is 12.5 Å². The number of aliphatic hydroxyl groups is 1. The molecular formula is C22H32O3S. The molecule has 1 N–H and O–H groups in total. The molecule has 1 aromatic rings. The van der Waals surface area contributed by atoms with Gasteiger partial charge in [0.05, 0.1) is 19.3 Å². The van der Waals surface area contributed by atoms with E-state index in [0.717, 1.165) is 38.5 Å². The largest absolute Gasteiger partial charge is 0.385 e. The van der Waals surface area contributed by atoms with Crippen LogP contribution in [0.15, 0.2) is 46.7 Å². The molecule has 4 atom stereocenters. The smallest absolute Gasteiger partial charge is 0.0891 e. The number of benzene rings is 1. The third-order valence-electron chi connectivity index (χ3n) is 6.89. The Hall–Kier alpha value is -0.810. The summed E-state index contributed by atoms with van der Waals surface area (Å²) >= 11 is 1.68. The van der Waals surface area contributed by atoms with Crippen molar-refractivity contribution in [2.45, 2.75) is 62.9 Å². The van der Waals surface area contributed by atoms with Crippen LogP contribution in [0.1, 0.15) is 52.4 Å². The molecule has 2 saturated carbocycles. The van der Waals surface area contributed by atoms with Crippen molar-refractivity contribution < 1.29 is 14.9 Å². The van der Waals surface area contributed by atoms with Crippen LogP contribution in [0.2, 0.25) is 0 Å². The number of hydrogen-bond acceptors (Lipinski definition) is 4. The van der Waals surface area contributed by atoms with E-state index in [2.05, 4.69) is 37.5 Å². The van der Waals surface area contributed by atoms with E-state index in [9.17, 15) is 5.11 Å². The van der Waals surface area contributed by atoms with Crippen molar-refractivity contribution in [1.82, 2.24) is 0 Å². The summed E-state index contributed by atoms with van der Waals surface area (Å²) in [6.07, 6.45) is 8.44. The number of fused-ring (bicyclic) bond motifs is 1. The predicted molar refractivity (Wildman–Crippen MR) is 107 cm³/mol. The normalized spacial score (nSPS) is 37.6. The minimum atomic E-state index is -0.757. The van der Waals surface area contributed by atoms with Crippen molar-refractivity contribution in [1.29, 1.82) is 0 Å². The van der Waals surface area contributed by atoms with Crippen molar-refractivity contribution in [2.75, 3.05) is 13.7 Å². The average molecular weight is 377 g/mol. The van der Waals surface area contributed by atoms with Crippen LogP contribution in [0.5, 0.6) is 0 Å². The molecule has 144 valence electrons. The number of thioether (sulfide) groups is 1. The molecule has 0 aromatic heterocycles. The van der Waals surface area contributed by atoms with Crippen LogP contribution in [0, 0.1) is 16.7 Å². The number of rotatable bonds is 6. The first-order valence-electron chi connectivity index (χ1n) is 9.71. The quantitative estimate of drug-likeness (QED) is 0.398. The molecular weight excluding hydrogens is 344 g/mol. The summed E-state index contributed by atoms with van der Waals surface area (Å²) in [5, 5.41) is 13.8. The highest BCUT2D eigenvalue weighted by Gasteiger charge is 2.59. The van der Waals surface area contributed by atoms with Gasteiger partial charge < -0.3 is 5.11 Å². The minimum absolute atomic E-state index is 0.0534. The maximum absolute atomic E-state index is 11.7. The Morgan fingerprint density at radius 3 is 2.65 bits per heavy atom. The molecule has 26 heavy (non-hydrogen) atoms. The fourth-order valence-corrected chi connectivity index (χ4v) is 6.15. The monoisotopic (exact) mass is 376 g/mol. The van der Waals surface area contributed by atoms with Crippen molar-refractivity contribution in [2.24, 2.45) is 16.7 Å². The van der Waals surface area contributed by atoms with E-state index in [1.54, 1.807) is 18.9 Å². The van der Waals surface area contributed by atoms with Gasteiger partial charge in [0.25, 0.3) is 0 Å². The Kier molecular flexibility index (Phi) is 6.18. The van der Waals surface area contributed by atoms with Gasteiger partial charge in [-0.2, -0.15) is 0 Å². The molecule has 4 unspecified atom stereocenters. The fourth-order valence-electron chi connectivity index (χ4n) is 5.39. The Labute approximate surface area is 162 Å². The predicted octanol–water partition coefficient (Wildman–Crippen LogP) is 5.60. The molecule has 2 aliphatic rings. The van der Waals surface area contributed by atoms with E-state index in [1.807, 2.05) is 18.2 Å². The maximum atomic E-state index is 11.7. The van der Waals surface area contributed by atoms with Gasteiger partial charge >= 0.3 is 0 Å². The molecule has 1 aromatic carbocycles. The molecule has 0 aliphatic heterocycles. The SMILES string of the molecule is COOCC1(C)CCCC2(C)C1CCCC2(O)/C=C/Sc1ccccc1. The highest BCUT2D eigenvalue weighted by atomic mass is 32.2. The summed E-state index contributed by atoms with van der Waals surface area (Å²) in [7, 11) is 1.58. The second kappa shape index (κ2) is 8.05. The second-order valence-corrected chi connectivity index (χ2v) is 9.44. The van der Waals surface area contributed by atoms with E-state index in [-0.39, 0.29) is 10.8 Å². The van der Waals surface area contributed by atoms with Crippen molar-refractivity contribution in [3.05, 3.63) is 41.8 Å². The lowest BCUT2D eigenvalue weighted by Gasteiger charge is -2.60. The van der Waals surface area contributed by atoms with Crippen molar-refractivity contribution in [3.63, 3.8) is 0 Å². The van der Waals surface area contributed by atoms with Crippen LogP contribution in [0.4, 0.5) is 0 Å². The molecule has 0 bridgehead atoms. The molecule has 4 heteroatoms. The number of hydrogen-bond donors (Lipinski definition) is 1. The van der Waals surface area contributed by atoms with Gasteiger partial charge in [-0.1, -0.05) is 50.2 Å². The lowest BCUT2D eigenvalue weighted by atomic mass is 9.46. The third kappa shape index (κ3) is 3.75. The average Bonchev–Trinajstić information content (AvgIpc) is 2.63. The van der Waals surface area contributed by atoms with Gasteiger partial charge in [0.1, 0.15) is 0 Å². The minimum Gasteiger partial charge on any atom is -0.385 e. The van der Waals surface area contributed by atoms with Gasteiger partial charge in [-0.25, -0.2) is 9.78 Å². The summed E-state index contributed by atoms with van der Waals surface area (Å²) in [6, 6.07) is 10.3. The molecule has 0 spiro atoms. The zero-order chi connectivity index (χ0) is 18.7. The summed E-state index contributed by atoms with van der Waals surface area (Å²) in [5.41, 5.74) is -0.826. The molecule has 0 heterocycles. The first kappa shape index (κ1) is 19.9. The van der Waals surface area contributed by atoms with Gasteiger partial charge in [-0.15, -0.1) is 0 Å². The van der Waals surface area contributed by atoms with Crippen LogP contribution in [0.3, 0.4) is 0 Å². The van der Waals surface area contributed by atoms with Crippen LogP contribution in [-0.2, 0) is 9.78 Å². The molecule has 0 amide bonds.